The van der Waals surface area contributed by atoms with Gasteiger partial charge in [-0.2, -0.15) is 10.5 Å². The lowest BCUT2D eigenvalue weighted by atomic mass is 10.2. The molecule has 0 bridgehead atoms. The Morgan fingerprint density at radius 1 is 1.23 bits per heavy atom. The molecule has 114 valence electrons. The molecule has 0 radical (unpaired) electrons. The molecule has 1 aromatic carbocycles. The maximum atomic E-state index is 9.11. The van der Waals surface area contributed by atoms with Crippen molar-refractivity contribution < 1.29 is 14.2 Å². The minimum Gasteiger partial charge on any atom is -0.493 e. The van der Waals surface area contributed by atoms with Crippen molar-refractivity contribution in [3.8, 4) is 23.3 Å². The van der Waals surface area contributed by atoms with Gasteiger partial charge in [0.2, 0.25) is 11.6 Å². The number of aromatic amines is 1. The molecule has 9 heteroatoms. The van der Waals surface area contributed by atoms with E-state index in [0.29, 0.717) is 22.9 Å². The Bertz CT molecular complexity index is 680. The van der Waals surface area contributed by atoms with Gasteiger partial charge >= 0.3 is 0 Å². The molecule has 0 aliphatic heterocycles. The third kappa shape index (κ3) is 3.06. The first kappa shape index (κ1) is 15.1. The second kappa shape index (κ2) is 6.94. The van der Waals surface area contributed by atoms with Crippen LogP contribution in [0.1, 0.15) is 5.82 Å². The van der Waals surface area contributed by atoms with E-state index in [-0.39, 0.29) is 11.4 Å². The van der Waals surface area contributed by atoms with Crippen LogP contribution in [-0.4, -0.2) is 42.0 Å². The van der Waals surface area contributed by atoms with Gasteiger partial charge in [0.15, 0.2) is 11.5 Å². The number of nitriles is 1. The van der Waals surface area contributed by atoms with E-state index in [2.05, 4.69) is 25.9 Å². The van der Waals surface area contributed by atoms with Gasteiger partial charge in [0.25, 0.3) is 0 Å². The van der Waals surface area contributed by atoms with Gasteiger partial charge in [0.1, 0.15) is 11.6 Å². The minimum absolute atomic E-state index is 0.197. The summed E-state index contributed by atoms with van der Waals surface area (Å²) < 4.78 is 15.7. The highest BCUT2D eigenvalue weighted by molar-refractivity contribution is 5.74. The molecular weight excluding hydrogens is 288 g/mol. The molecular formula is C13H14N6O3. The maximum Gasteiger partial charge on any atom is 0.216 e. The van der Waals surface area contributed by atoms with Gasteiger partial charge in [-0.3, -0.25) is 0 Å². The van der Waals surface area contributed by atoms with Gasteiger partial charge in [0, 0.05) is 24.0 Å². The number of nitrogens with zero attached hydrogens (tertiary/aromatic N) is 4. The van der Waals surface area contributed by atoms with Crippen LogP contribution in [0.2, 0.25) is 0 Å². The number of ether oxygens (including phenoxy) is 3. The third-order valence-electron chi connectivity index (χ3n) is 2.75. The predicted octanol–water partition coefficient (Wildman–Crippen LogP) is 1.20. The summed E-state index contributed by atoms with van der Waals surface area (Å²) in [6.45, 7) is 0. The van der Waals surface area contributed by atoms with E-state index in [1.807, 2.05) is 6.07 Å². The quantitative estimate of drug-likeness (QED) is 0.764. The minimum atomic E-state index is 0.197. The molecule has 1 heterocycles. The van der Waals surface area contributed by atoms with Crippen LogP contribution in [-0.2, 0) is 0 Å². The van der Waals surface area contributed by atoms with E-state index in [4.69, 9.17) is 19.5 Å². The highest BCUT2D eigenvalue weighted by Crippen LogP contribution is 2.39. The zero-order valence-corrected chi connectivity index (χ0v) is 12.2. The maximum absolute atomic E-state index is 9.11. The van der Waals surface area contributed by atoms with Crippen LogP contribution in [0.4, 0.5) is 5.69 Å². The van der Waals surface area contributed by atoms with E-state index in [9.17, 15) is 0 Å². The summed E-state index contributed by atoms with van der Waals surface area (Å²) in [6.07, 6.45) is 1.46. The van der Waals surface area contributed by atoms with Crippen LogP contribution in [0.15, 0.2) is 18.3 Å². The van der Waals surface area contributed by atoms with Crippen molar-refractivity contribution >= 4 is 11.3 Å². The normalized spacial score (nSPS) is 10.7. The second-order valence-corrected chi connectivity index (χ2v) is 3.96. The lowest BCUT2D eigenvalue weighted by Crippen LogP contribution is -1.98. The fraction of sp³-hybridized carbons (Fsp3) is 0.231. The number of methoxy groups -OCH3 is 3. The van der Waals surface area contributed by atoms with Crippen LogP contribution >= 0.6 is 0 Å². The number of rotatable bonds is 6. The van der Waals surface area contributed by atoms with Crippen molar-refractivity contribution in [3.63, 3.8) is 0 Å². The van der Waals surface area contributed by atoms with Crippen molar-refractivity contribution in [2.45, 2.75) is 0 Å². The number of anilines is 1. The first-order valence-corrected chi connectivity index (χ1v) is 6.14. The highest BCUT2D eigenvalue weighted by Gasteiger charge is 2.13. The van der Waals surface area contributed by atoms with Crippen molar-refractivity contribution in [1.29, 1.82) is 5.26 Å². The molecule has 0 unspecified atom stereocenters. The first-order chi connectivity index (χ1) is 10.7. The number of nitrogens with one attached hydrogen (secondary N) is 2. The Hall–Kier alpha value is -3.28. The Balaban J connectivity index is 2.32. The second-order valence-electron chi connectivity index (χ2n) is 3.96. The smallest absolute Gasteiger partial charge is 0.216 e. The van der Waals surface area contributed by atoms with Crippen LogP contribution in [0.3, 0.4) is 0 Å². The van der Waals surface area contributed by atoms with Crippen molar-refractivity contribution in [2.75, 3.05) is 26.6 Å². The number of hydrogen-bond donors (Lipinski definition) is 2. The zero-order valence-electron chi connectivity index (χ0n) is 12.2. The molecule has 2 rings (SSSR count). The summed E-state index contributed by atoms with van der Waals surface area (Å²) in [5, 5.41) is 25.3. The summed E-state index contributed by atoms with van der Waals surface area (Å²) in [6, 6.07) is 5.40. The topological polar surface area (TPSA) is 118 Å². The SMILES string of the molecule is COc1cc(NC=C(C#N)c2nn[nH]n2)cc(OC)c1OC. The van der Waals surface area contributed by atoms with E-state index in [1.165, 1.54) is 27.5 Å². The number of tetrazole rings is 1. The van der Waals surface area contributed by atoms with Crippen LogP contribution in [0.25, 0.3) is 5.57 Å². The largest absolute Gasteiger partial charge is 0.493 e. The van der Waals surface area contributed by atoms with Gasteiger partial charge in [0.05, 0.1) is 21.3 Å². The van der Waals surface area contributed by atoms with E-state index < -0.39 is 0 Å². The van der Waals surface area contributed by atoms with Crippen LogP contribution < -0.4 is 19.5 Å². The first-order valence-electron chi connectivity index (χ1n) is 6.14. The Morgan fingerprint density at radius 3 is 2.36 bits per heavy atom. The molecule has 0 atom stereocenters. The van der Waals surface area contributed by atoms with Gasteiger partial charge in [-0.25, -0.2) is 0 Å². The Morgan fingerprint density at radius 2 is 1.91 bits per heavy atom. The van der Waals surface area contributed by atoms with Gasteiger partial charge < -0.3 is 19.5 Å². The van der Waals surface area contributed by atoms with Crippen LogP contribution in [0.5, 0.6) is 17.2 Å². The molecule has 0 aliphatic rings. The monoisotopic (exact) mass is 302 g/mol. The van der Waals surface area contributed by atoms with Crippen LogP contribution in [0, 0.1) is 11.3 Å². The fourth-order valence-electron chi connectivity index (χ4n) is 1.74. The number of allylic oxidation sites excluding steroid dienone is 1. The predicted molar refractivity (Wildman–Crippen MR) is 77.5 cm³/mol. The Kier molecular flexibility index (Phi) is 4.77. The molecule has 2 aromatic rings. The highest BCUT2D eigenvalue weighted by atomic mass is 16.5. The Labute approximate surface area is 126 Å². The molecule has 0 spiro atoms. The average molecular weight is 302 g/mol. The number of aromatic nitrogens is 4. The summed E-state index contributed by atoms with van der Waals surface area (Å²) in [5.41, 5.74) is 0.869. The lowest BCUT2D eigenvalue weighted by Gasteiger charge is -2.14. The number of H-pyrrole nitrogens is 1. The molecule has 22 heavy (non-hydrogen) atoms. The molecule has 0 saturated heterocycles. The number of benzene rings is 1. The molecule has 1 aromatic heterocycles. The average Bonchev–Trinajstić information content (AvgIpc) is 3.08. The fourth-order valence-corrected chi connectivity index (χ4v) is 1.74. The summed E-state index contributed by atoms with van der Waals surface area (Å²) in [5.74, 6) is 1.67. The molecule has 0 amide bonds. The van der Waals surface area contributed by atoms with Crippen molar-refractivity contribution in [2.24, 2.45) is 0 Å². The zero-order chi connectivity index (χ0) is 15.9. The van der Waals surface area contributed by atoms with Gasteiger partial charge in [-0.1, -0.05) is 0 Å². The van der Waals surface area contributed by atoms with Crippen molar-refractivity contribution in [3.05, 3.63) is 24.2 Å². The molecule has 0 saturated carbocycles. The molecule has 0 fully saturated rings. The molecule has 0 aliphatic carbocycles. The van der Waals surface area contributed by atoms with Gasteiger partial charge in [-0.05, 0) is 5.21 Å². The van der Waals surface area contributed by atoms with E-state index in [0.717, 1.165) is 0 Å². The molecule has 9 nitrogen and oxygen atoms in total. The standard InChI is InChI=1S/C13H14N6O3/c1-20-10-4-9(5-11(21-2)12(10)22-3)15-7-8(6-14)13-16-18-19-17-13/h4-5,7,15H,1-3H3,(H,16,17,18,19). The van der Waals surface area contributed by atoms with E-state index >= 15 is 0 Å². The van der Waals surface area contributed by atoms with Gasteiger partial charge in [-0.15, -0.1) is 10.2 Å². The summed E-state index contributed by atoms with van der Waals surface area (Å²) in [7, 11) is 4.57. The van der Waals surface area contributed by atoms with E-state index in [1.54, 1.807) is 12.1 Å². The molecule has 2 N–H and O–H groups in total. The number of hydrogen-bond acceptors (Lipinski definition) is 8. The lowest BCUT2D eigenvalue weighted by molar-refractivity contribution is 0.324. The van der Waals surface area contributed by atoms with Crippen molar-refractivity contribution in [1.82, 2.24) is 20.6 Å². The third-order valence-corrected chi connectivity index (χ3v) is 2.75. The summed E-state index contributed by atoms with van der Waals surface area (Å²) >= 11 is 0. The summed E-state index contributed by atoms with van der Waals surface area (Å²) in [4.78, 5) is 0.